The molecule has 0 radical (unpaired) electrons. The smallest absolute Gasteiger partial charge is 0.329 e. The van der Waals surface area contributed by atoms with Crippen molar-refractivity contribution in [3.8, 4) is 11.4 Å². The van der Waals surface area contributed by atoms with E-state index in [0.717, 1.165) is 33.7 Å². The third-order valence-corrected chi connectivity index (χ3v) is 4.84. The Morgan fingerprint density at radius 3 is 2.61 bits per heavy atom. The highest BCUT2D eigenvalue weighted by Crippen LogP contribution is 2.33. The number of imidazole rings is 2. The average Bonchev–Trinajstić information content (AvgIpc) is 3.40. The van der Waals surface area contributed by atoms with Crippen LogP contribution in [-0.4, -0.2) is 31.9 Å². The molecule has 1 saturated heterocycles. The topological polar surface area (TPSA) is 107 Å². The van der Waals surface area contributed by atoms with Crippen molar-refractivity contribution < 1.29 is 9.59 Å². The van der Waals surface area contributed by atoms with Crippen molar-refractivity contribution in [1.82, 2.24) is 25.3 Å². The SMILES string of the molecule is Cc1cnc(-c2ccc(C3C(=O)NC(=O)N3c3ccc4nc[nH]c4c3)cc2)[nH]1. The number of fused-ring (bicyclic) bond motifs is 1. The maximum atomic E-state index is 12.5. The highest BCUT2D eigenvalue weighted by Gasteiger charge is 2.40. The van der Waals surface area contributed by atoms with Gasteiger partial charge < -0.3 is 9.97 Å². The number of nitrogens with zero attached hydrogens (tertiary/aromatic N) is 3. The lowest BCUT2D eigenvalue weighted by Gasteiger charge is -2.22. The fourth-order valence-corrected chi connectivity index (χ4v) is 3.49. The van der Waals surface area contributed by atoms with Crippen LogP contribution in [0, 0.1) is 6.92 Å². The van der Waals surface area contributed by atoms with Crippen LogP contribution in [0.2, 0.25) is 0 Å². The van der Waals surface area contributed by atoms with Gasteiger partial charge in [0.2, 0.25) is 0 Å². The number of hydrogen-bond donors (Lipinski definition) is 3. The number of hydrogen-bond acceptors (Lipinski definition) is 4. The van der Waals surface area contributed by atoms with E-state index in [0.29, 0.717) is 5.69 Å². The summed E-state index contributed by atoms with van der Waals surface area (Å²) in [6.45, 7) is 1.94. The quantitative estimate of drug-likeness (QED) is 0.481. The van der Waals surface area contributed by atoms with Crippen molar-refractivity contribution in [2.75, 3.05) is 4.90 Å². The second-order valence-corrected chi connectivity index (χ2v) is 6.71. The van der Waals surface area contributed by atoms with Gasteiger partial charge in [-0.2, -0.15) is 0 Å². The molecule has 1 unspecified atom stereocenters. The first-order valence-electron chi connectivity index (χ1n) is 8.79. The molecule has 2 aromatic carbocycles. The second kappa shape index (κ2) is 6.05. The van der Waals surface area contributed by atoms with Gasteiger partial charge >= 0.3 is 6.03 Å². The lowest BCUT2D eigenvalue weighted by atomic mass is 10.0. The van der Waals surface area contributed by atoms with E-state index in [2.05, 4.69) is 25.3 Å². The fraction of sp³-hybridized carbons (Fsp3) is 0.100. The molecule has 0 bridgehead atoms. The minimum absolute atomic E-state index is 0.351. The summed E-state index contributed by atoms with van der Waals surface area (Å²) >= 11 is 0. The van der Waals surface area contributed by atoms with E-state index in [-0.39, 0.29) is 5.91 Å². The minimum Gasteiger partial charge on any atom is -0.345 e. The van der Waals surface area contributed by atoms with E-state index in [1.165, 1.54) is 4.90 Å². The lowest BCUT2D eigenvalue weighted by Crippen LogP contribution is -2.29. The van der Waals surface area contributed by atoms with Gasteiger partial charge in [-0.25, -0.2) is 14.8 Å². The average molecular weight is 372 g/mol. The number of aromatic amines is 2. The number of rotatable bonds is 3. The van der Waals surface area contributed by atoms with Crippen LogP contribution in [0.25, 0.3) is 22.4 Å². The standard InChI is InChI=1S/C20H16N6O2/c1-11-9-21-18(24-11)13-4-2-12(3-5-13)17-19(27)25-20(28)26(17)14-6-7-15-16(8-14)23-10-22-15/h2-10,17H,1H3,(H,21,24)(H,22,23)(H,25,27,28). The molecule has 1 fully saturated rings. The zero-order chi connectivity index (χ0) is 19.3. The maximum Gasteiger partial charge on any atom is 0.329 e. The van der Waals surface area contributed by atoms with Crippen molar-refractivity contribution >= 4 is 28.7 Å². The second-order valence-electron chi connectivity index (χ2n) is 6.71. The number of amides is 3. The number of imide groups is 1. The highest BCUT2D eigenvalue weighted by molar-refractivity contribution is 6.14. The minimum atomic E-state index is -0.736. The Morgan fingerprint density at radius 1 is 1.04 bits per heavy atom. The van der Waals surface area contributed by atoms with Crippen LogP contribution < -0.4 is 10.2 Å². The van der Waals surface area contributed by atoms with Crippen LogP contribution in [0.5, 0.6) is 0 Å². The summed E-state index contributed by atoms with van der Waals surface area (Å²) in [6, 6.07) is 11.7. The number of carbonyl (C=O) groups is 2. The Balaban J connectivity index is 1.53. The Bertz CT molecular complexity index is 1210. The van der Waals surface area contributed by atoms with E-state index in [9.17, 15) is 9.59 Å². The summed E-state index contributed by atoms with van der Waals surface area (Å²) in [5.74, 6) is 0.411. The van der Waals surface area contributed by atoms with Crippen molar-refractivity contribution in [2.45, 2.75) is 13.0 Å². The Hall–Kier alpha value is -3.94. The van der Waals surface area contributed by atoms with Gasteiger partial charge in [0, 0.05) is 23.1 Å². The summed E-state index contributed by atoms with van der Waals surface area (Å²) in [5.41, 5.74) is 4.82. The third kappa shape index (κ3) is 2.54. The molecule has 8 nitrogen and oxygen atoms in total. The van der Waals surface area contributed by atoms with Crippen LogP contribution >= 0.6 is 0 Å². The lowest BCUT2D eigenvalue weighted by molar-refractivity contribution is -0.119. The van der Waals surface area contributed by atoms with Gasteiger partial charge in [-0.15, -0.1) is 0 Å². The molecular formula is C20H16N6O2. The summed E-state index contributed by atoms with van der Waals surface area (Å²) < 4.78 is 0. The Morgan fingerprint density at radius 2 is 1.86 bits per heavy atom. The van der Waals surface area contributed by atoms with Gasteiger partial charge in [-0.05, 0) is 30.7 Å². The molecule has 5 rings (SSSR count). The summed E-state index contributed by atoms with van der Waals surface area (Å²) in [6.07, 6.45) is 3.36. The monoisotopic (exact) mass is 372 g/mol. The summed E-state index contributed by atoms with van der Waals surface area (Å²) in [4.78, 5) is 41.2. The third-order valence-electron chi connectivity index (χ3n) is 4.84. The normalized spacial score (nSPS) is 16.8. The molecule has 3 heterocycles. The van der Waals surface area contributed by atoms with E-state index >= 15 is 0 Å². The van der Waals surface area contributed by atoms with Gasteiger partial charge in [0.1, 0.15) is 11.9 Å². The molecule has 1 aliphatic rings. The maximum absolute atomic E-state index is 12.5. The first-order valence-corrected chi connectivity index (χ1v) is 8.79. The van der Waals surface area contributed by atoms with Crippen LogP contribution in [0.15, 0.2) is 55.0 Å². The highest BCUT2D eigenvalue weighted by atomic mass is 16.2. The van der Waals surface area contributed by atoms with Crippen LogP contribution in [0.1, 0.15) is 17.3 Å². The van der Waals surface area contributed by atoms with Crippen LogP contribution in [-0.2, 0) is 4.79 Å². The van der Waals surface area contributed by atoms with Gasteiger partial charge in [-0.1, -0.05) is 24.3 Å². The number of aromatic nitrogens is 4. The van der Waals surface area contributed by atoms with Crippen LogP contribution in [0.4, 0.5) is 10.5 Å². The molecule has 28 heavy (non-hydrogen) atoms. The fourth-order valence-electron chi connectivity index (χ4n) is 3.49. The molecule has 8 heteroatoms. The van der Waals surface area contributed by atoms with Gasteiger partial charge in [0.05, 0.1) is 17.4 Å². The Kier molecular flexibility index (Phi) is 3.51. The zero-order valence-electron chi connectivity index (χ0n) is 14.9. The molecule has 1 aliphatic heterocycles. The predicted molar refractivity (Wildman–Crippen MR) is 104 cm³/mol. The first-order chi connectivity index (χ1) is 13.6. The first kappa shape index (κ1) is 16.2. The zero-order valence-corrected chi connectivity index (χ0v) is 14.9. The number of benzene rings is 2. The number of carbonyl (C=O) groups excluding carboxylic acids is 2. The molecule has 138 valence electrons. The molecule has 0 aliphatic carbocycles. The van der Waals surface area contributed by atoms with Gasteiger partial charge in [0.15, 0.2) is 0 Å². The summed E-state index contributed by atoms with van der Waals surface area (Å²) in [5, 5.41) is 2.41. The number of anilines is 1. The number of nitrogens with one attached hydrogen (secondary N) is 3. The van der Waals surface area contributed by atoms with E-state index in [1.807, 2.05) is 43.3 Å². The van der Waals surface area contributed by atoms with Crippen LogP contribution in [0.3, 0.4) is 0 Å². The molecule has 2 aromatic heterocycles. The molecule has 1 atom stereocenters. The van der Waals surface area contributed by atoms with Crippen molar-refractivity contribution in [1.29, 1.82) is 0 Å². The Labute approximate surface area is 159 Å². The van der Waals surface area contributed by atoms with Crippen molar-refractivity contribution in [3.05, 3.63) is 66.2 Å². The molecular weight excluding hydrogens is 356 g/mol. The molecule has 0 saturated carbocycles. The largest absolute Gasteiger partial charge is 0.345 e. The number of H-pyrrole nitrogens is 2. The van der Waals surface area contributed by atoms with Crippen molar-refractivity contribution in [2.24, 2.45) is 0 Å². The molecule has 3 amide bonds. The van der Waals surface area contributed by atoms with E-state index < -0.39 is 12.1 Å². The van der Waals surface area contributed by atoms with E-state index in [1.54, 1.807) is 18.6 Å². The number of urea groups is 1. The summed E-state index contributed by atoms with van der Waals surface area (Å²) in [7, 11) is 0. The molecule has 0 spiro atoms. The van der Waals surface area contributed by atoms with Gasteiger partial charge in [-0.3, -0.25) is 15.0 Å². The predicted octanol–water partition coefficient (Wildman–Crippen LogP) is 3.06. The van der Waals surface area contributed by atoms with Crippen molar-refractivity contribution in [3.63, 3.8) is 0 Å². The molecule has 4 aromatic rings. The van der Waals surface area contributed by atoms with Gasteiger partial charge in [0.25, 0.3) is 5.91 Å². The number of aryl methyl sites for hydroxylation is 1. The van der Waals surface area contributed by atoms with E-state index in [4.69, 9.17) is 0 Å². The molecule has 3 N–H and O–H groups in total.